The molecule has 16 heavy (non-hydrogen) atoms. The molecule has 0 radical (unpaired) electrons. The van der Waals surface area contributed by atoms with Gasteiger partial charge < -0.3 is 10.1 Å². The summed E-state index contributed by atoms with van der Waals surface area (Å²) >= 11 is 0. The zero-order valence-electron chi connectivity index (χ0n) is 10.3. The van der Waals surface area contributed by atoms with Crippen molar-refractivity contribution in [3.8, 4) is 5.75 Å². The van der Waals surface area contributed by atoms with E-state index in [4.69, 9.17) is 4.74 Å². The quantitative estimate of drug-likeness (QED) is 0.827. The van der Waals surface area contributed by atoms with E-state index in [-0.39, 0.29) is 6.10 Å². The monoisotopic (exact) mass is 220 g/mol. The molecular formula is C13H20N2O. The molecule has 1 N–H and O–H groups in total. The Morgan fingerprint density at radius 2 is 2.19 bits per heavy atom. The summed E-state index contributed by atoms with van der Waals surface area (Å²) in [7, 11) is 0. The van der Waals surface area contributed by atoms with Gasteiger partial charge in [-0.15, -0.1) is 0 Å². The fourth-order valence-electron chi connectivity index (χ4n) is 1.61. The predicted octanol–water partition coefficient (Wildman–Crippen LogP) is 2.43. The third-order valence-corrected chi connectivity index (χ3v) is 2.57. The van der Waals surface area contributed by atoms with E-state index in [1.807, 2.05) is 32.9 Å². The second-order valence-corrected chi connectivity index (χ2v) is 4.72. The van der Waals surface area contributed by atoms with Crippen LogP contribution in [0.5, 0.6) is 5.75 Å². The highest BCUT2D eigenvalue weighted by Crippen LogP contribution is 2.22. The number of pyridine rings is 1. The standard InChI is InChI=1S/C13H20N2O/c1-9(2)16-13-7-4-10(3)15-12(13)8-14-11-5-6-11/h4,7,9,11,14H,5-6,8H2,1-3H3. The first kappa shape index (κ1) is 11.4. The van der Waals surface area contributed by atoms with E-state index in [0.29, 0.717) is 6.04 Å². The molecule has 0 amide bonds. The molecule has 0 spiro atoms. The van der Waals surface area contributed by atoms with Crippen LogP contribution < -0.4 is 10.1 Å². The zero-order chi connectivity index (χ0) is 11.5. The van der Waals surface area contributed by atoms with Crippen molar-refractivity contribution in [3.05, 3.63) is 23.5 Å². The Balaban J connectivity index is 2.07. The lowest BCUT2D eigenvalue weighted by molar-refractivity contribution is 0.238. The van der Waals surface area contributed by atoms with E-state index in [1.54, 1.807) is 0 Å². The summed E-state index contributed by atoms with van der Waals surface area (Å²) in [4.78, 5) is 4.54. The van der Waals surface area contributed by atoms with Crippen LogP contribution in [0.2, 0.25) is 0 Å². The molecule has 0 atom stereocenters. The minimum atomic E-state index is 0.198. The summed E-state index contributed by atoms with van der Waals surface area (Å²) in [6, 6.07) is 4.72. The summed E-state index contributed by atoms with van der Waals surface area (Å²) < 4.78 is 5.75. The van der Waals surface area contributed by atoms with Gasteiger partial charge in [-0.05, 0) is 45.7 Å². The van der Waals surface area contributed by atoms with Crippen molar-refractivity contribution in [2.24, 2.45) is 0 Å². The molecule has 0 aliphatic heterocycles. The van der Waals surface area contributed by atoms with E-state index in [2.05, 4.69) is 10.3 Å². The fourth-order valence-corrected chi connectivity index (χ4v) is 1.61. The van der Waals surface area contributed by atoms with Crippen molar-refractivity contribution in [1.82, 2.24) is 10.3 Å². The normalized spacial score (nSPS) is 15.5. The molecule has 1 heterocycles. The Bertz CT molecular complexity index is 359. The number of ether oxygens (including phenoxy) is 1. The van der Waals surface area contributed by atoms with E-state index < -0.39 is 0 Å². The third-order valence-electron chi connectivity index (χ3n) is 2.57. The smallest absolute Gasteiger partial charge is 0.142 e. The Labute approximate surface area is 97.2 Å². The summed E-state index contributed by atoms with van der Waals surface area (Å²) in [5, 5.41) is 3.47. The molecule has 3 heteroatoms. The first-order chi connectivity index (χ1) is 7.65. The summed E-state index contributed by atoms with van der Waals surface area (Å²) in [5.74, 6) is 0.911. The Morgan fingerprint density at radius 1 is 1.44 bits per heavy atom. The summed E-state index contributed by atoms with van der Waals surface area (Å²) in [6.45, 7) is 6.91. The summed E-state index contributed by atoms with van der Waals surface area (Å²) in [6.07, 6.45) is 2.79. The van der Waals surface area contributed by atoms with Gasteiger partial charge in [0.2, 0.25) is 0 Å². The molecule has 1 aromatic heterocycles. The maximum absolute atomic E-state index is 5.75. The van der Waals surface area contributed by atoms with Crippen LogP contribution in [-0.4, -0.2) is 17.1 Å². The average Bonchev–Trinajstić information content (AvgIpc) is 3.01. The molecule has 0 unspecified atom stereocenters. The lowest BCUT2D eigenvalue weighted by Crippen LogP contribution is -2.18. The van der Waals surface area contributed by atoms with Gasteiger partial charge in [0, 0.05) is 18.3 Å². The molecule has 3 nitrogen and oxygen atoms in total. The van der Waals surface area contributed by atoms with Crippen molar-refractivity contribution < 1.29 is 4.74 Å². The van der Waals surface area contributed by atoms with E-state index in [9.17, 15) is 0 Å². The van der Waals surface area contributed by atoms with Gasteiger partial charge in [-0.3, -0.25) is 4.98 Å². The van der Waals surface area contributed by atoms with Crippen LogP contribution in [0.4, 0.5) is 0 Å². The van der Waals surface area contributed by atoms with E-state index in [0.717, 1.165) is 23.7 Å². The van der Waals surface area contributed by atoms with Crippen molar-refractivity contribution >= 4 is 0 Å². The number of nitrogens with one attached hydrogen (secondary N) is 1. The fraction of sp³-hybridized carbons (Fsp3) is 0.615. The van der Waals surface area contributed by atoms with Crippen molar-refractivity contribution in [1.29, 1.82) is 0 Å². The molecular weight excluding hydrogens is 200 g/mol. The highest BCUT2D eigenvalue weighted by Gasteiger charge is 2.21. The van der Waals surface area contributed by atoms with Crippen LogP contribution in [0.3, 0.4) is 0 Å². The number of nitrogens with zero attached hydrogens (tertiary/aromatic N) is 1. The minimum Gasteiger partial charge on any atom is -0.489 e. The van der Waals surface area contributed by atoms with Crippen molar-refractivity contribution in [2.45, 2.75) is 52.3 Å². The Morgan fingerprint density at radius 3 is 2.81 bits per heavy atom. The third kappa shape index (κ3) is 3.20. The van der Waals surface area contributed by atoms with Crippen LogP contribution in [0.25, 0.3) is 0 Å². The molecule has 1 saturated carbocycles. The van der Waals surface area contributed by atoms with E-state index in [1.165, 1.54) is 12.8 Å². The van der Waals surface area contributed by atoms with Gasteiger partial charge in [0.15, 0.2) is 0 Å². The van der Waals surface area contributed by atoms with Gasteiger partial charge in [-0.1, -0.05) is 0 Å². The zero-order valence-corrected chi connectivity index (χ0v) is 10.3. The van der Waals surface area contributed by atoms with Gasteiger partial charge in [-0.2, -0.15) is 0 Å². The van der Waals surface area contributed by atoms with Gasteiger partial charge in [0.25, 0.3) is 0 Å². The van der Waals surface area contributed by atoms with Gasteiger partial charge in [-0.25, -0.2) is 0 Å². The second kappa shape index (κ2) is 4.83. The van der Waals surface area contributed by atoms with Gasteiger partial charge in [0.1, 0.15) is 5.75 Å². The van der Waals surface area contributed by atoms with Crippen LogP contribution in [0.1, 0.15) is 38.1 Å². The van der Waals surface area contributed by atoms with Crippen LogP contribution in [-0.2, 0) is 6.54 Å². The lowest BCUT2D eigenvalue weighted by Gasteiger charge is -2.14. The lowest BCUT2D eigenvalue weighted by atomic mass is 10.2. The molecule has 0 saturated heterocycles. The summed E-state index contributed by atoms with van der Waals surface area (Å²) in [5.41, 5.74) is 2.07. The molecule has 1 fully saturated rings. The molecule has 1 aromatic rings. The van der Waals surface area contributed by atoms with E-state index >= 15 is 0 Å². The van der Waals surface area contributed by atoms with Gasteiger partial charge in [0.05, 0.1) is 11.8 Å². The highest BCUT2D eigenvalue weighted by molar-refractivity contribution is 5.29. The Hall–Kier alpha value is -1.09. The van der Waals surface area contributed by atoms with Crippen LogP contribution in [0, 0.1) is 6.92 Å². The maximum atomic E-state index is 5.75. The molecule has 0 bridgehead atoms. The second-order valence-electron chi connectivity index (χ2n) is 4.72. The minimum absolute atomic E-state index is 0.198. The molecule has 1 aliphatic rings. The number of aryl methyl sites for hydroxylation is 1. The number of aromatic nitrogens is 1. The van der Waals surface area contributed by atoms with Crippen molar-refractivity contribution in [2.75, 3.05) is 0 Å². The molecule has 1 aliphatic carbocycles. The average molecular weight is 220 g/mol. The van der Waals surface area contributed by atoms with Crippen molar-refractivity contribution in [3.63, 3.8) is 0 Å². The first-order valence-corrected chi connectivity index (χ1v) is 6.01. The van der Waals surface area contributed by atoms with Gasteiger partial charge >= 0.3 is 0 Å². The van der Waals surface area contributed by atoms with Crippen LogP contribution >= 0.6 is 0 Å². The molecule has 88 valence electrons. The maximum Gasteiger partial charge on any atom is 0.142 e. The number of rotatable bonds is 5. The molecule has 2 rings (SSSR count). The molecule has 0 aromatic carbocycles. The highest BCUT2D eigenvalue weighted by atomic mass is 16.5. The number of hydrogen-bond donors (Lipinski definition) is 1. The first-order valence-electron chi connectivity index (χ1n) is 6.01. The Kier molecular flexibility index (Phi) is 3.44. The SMILES string of the molecule is Cc1ccc(OC(C)C)c(CNC2CC2)n1. The number of hydrogen-bond acceptors (Lipinski definition) is 3. The largest absolute Gasteiger partial charge is 0.489 e. The van der Waals surface area contributed by atoms with Crippen LogP contribution in [0.15, 0.2) is 12.1 Å². The predicted molar refractivity (Wildman–Crippen MR) is 64.6 cm³/mol. The topological polar surface area (TPSA) is 34.1 Å².